The van der Waals surface area contributed by atoms with Crippen molar-refractivity contribution >= 4 is 17.6 Å². The van der Waals surface area contributed by atoms with Gasteiger partial charge in [0.15, 0.2) is 0 Å². The minimum atomic E-state index is -0.162. The lowest BCUT2D eigenvalue weighted by molar-refractivity contribution is 0.111. The molecule has 1 saturated heterocycles. The van der Waals surface area contributed by atoms with Crippen LogP contribution in [0.15, 0.2) is 54.6 Å². The Morgan fingerprint density at radius 2 is 1.67 bits per heavy atom. The number of urea groups is 1. The Hall–Kier alpha value is -2.08. The molecule has 0 aromatic heterocycles. The molecule has 1 aliphatic heterocycles. The number of carbonyl (C=O) groups is 1. The Bertz CT molecular complexity index is 732. The molecule has 27 heavy (non-hydrogen) atoms. The van der Waals surface area contributed by atoms with E-state index in [0.29, 0.717) is 13.1 Å². The lowest BCUT2D eigenvalue weighted by Gasteiger charge is -2.38. The van der Waals surface area contributed by atoms with Gasteiger partial charge in [-0.15, -0.1) is 0 Å². The number of piperazine rings is 1. The molecule has 0 bridgehead atoms. The summed E-state index contributed by atoms with van der Waals surface area (Å²) < 4.78 is 0. The largest absolute Gasteiger partial charge is 0.336 e. The summed E-state index contributed by atoms with van der Waals surface area (Å²) in [5, 5.41) is 6.69. The summed E-state index contributed by atoms with van der Waals surface area (Å²) in [6.45, 7) is 4.98. The molecule has 2 aromatic rings. The summed E-state index contributed by atoms with van der Waals surface area (Å²) in [4.78, 5) is 17.0. The maximum atomic E-state index is 12.3. The maximum absolute atomic E-state index is 12.3. The Morgan fingerprint density at radius 3 is 2.37 bits per heavy atom. The molecule has 2 amide bonds. The highest BCUT2D eigenvalue weighted by Crippen LogP contribution is 2.27. The molecule has 2 aromatic carbocycles. The van der Waals surface area contributed by atoms with Crippen LogP contribution in [0.25, 0.3) is 0 Å². The van der Waals surface area contributed by atoms with Crippen molar-refractivity contribution in [3.63, 3.8) is 0 Å². The van der Waals surface area contributed by atoms with E-state index >= 15 is 0 Å². The van der Waals surface area contributed by atoms with Gasteiger partial charge >= 0.3 is 6.03 Å². The number of rotatable bonds is 6. The fraction of sp³-hybridized carbons (Fsp3) is 0.381. The first-order valence-electron chi connectivity index (χ1n) is 9.36. The molecule has 1 heterocycles. The average molecular weight is 387 g/mol. The lowest BCUT2D eigenvalue weighted by atomic mass is 10.0. The van der Waals surface area contributed by atoms with E-state index in [1.165, 1.54) is 0 Å². The van der Waals surface area contributed by atoms with Gasteiger partial charge in [-0.05, 0) is 24.2 Å². The average Bonchev–Trinajstić information content (AvgIpc) is 2.70. The van der Waals surface area contributed by atoms with Crippen LogP contribution >= 0.6 is 11.6 Å². The maximum Gasteiger partial charge on any atom is 0.315 e. The monoisotopic (exact) mass is 386 g/mol. The van der Waals surface area contributed by atoms with Gasteiger partial charge in [0.25, 0.3) is 0 Å². The highest BCUT2D eigenvalue weighted by atomic mass is 35.5. The summed E-state index contributed by atoms with van der Waals surface area (Å²) >= 11 is 6.46. The number of nitrogens with zero attached hydrogens (tertiary/aromatic N) is 2. The molecule has 1 fully saturated rings. The Kier molecular flexibility index (Phi) is 7.10. The van der Waals surface area contributed by atoms with Crippen LogP contribution in [0.2, 0.25) is 5.02 Å². The van der Waals surface area contributed by atoms with Gasteiger partial charge in [0.1, 0.15) is 0 Å². The second-order valence-electron chi connectivity index (χ2n) is 6.93. The van der Waals surface area contributed by atoms with E-state index in [-0.39, 0.29) is 12.1 Å². The van der Waals surface area contributed by atoms with Crippen molar-refractivity contribution < 1.29 is 4.79 Å². The van der Waals surface area contributed by atoms with Crippen molar-refractivity contribution in [2.75, 3.05) is 39.8 Å². The van der Waals surface area contributed by atoms with Gasteiger partial charge in [0.05, 0.1) is 6.04 Å². The second-order valence-corrected chi connectivity index (χ2v) is 7.33. The minimum absolute atomic E-state index is 0.0647. The van der Waals surface area contributed by atoms with E-state index in [2.05, 4.69) is 33.5 Å². The standard InChI is InChI=1S/C21H27ClN4O/c1-25-11-13-26(14-12-25)20(18-9-5-6-10-19(18)22)16-24-21(27)23-15-17-7-3-2-4-8-17/h2-10,20H,11-16H2,1H3,(H2,23,24,27). The van der Waals surface area contributed by atoms with Gasteiger partial charge in [-0.25, -0.2) is 4.79 Å². The van der Waals surface area contributed by atoms with Crippen molar-refractivity contribution in [2.24, 2.45) is 0 Å². The topological polar surface area (TPSA) is 47.6 Å². The lowest BCUT2D eigenvalue weighted by Crippen LogP contribution is -2.49. The predicted octanol–water partition coefficient (Wildman–Crippen LogP) is 3.13. The number of hydrogen-bond donors (Lipinski definition) is 2. The first-order chi connectivity index (χ1) is 13.1. The number of hydrogen-bond acceptors (Lipinski definition) is 3. The number of carbonyl (C=O) groups excluding carboxylic acids is 1. The van der Waals surface area contributed by atoms with Crippen molar-refractivity contribution in [2.45, 2.75) is 12.6 Å². The molecule has 5 nitrogen and oxygen atoms in total. The van der Waals surface area contributed by atoms with Gasteiger partial charge < -0.3 is 15.5 Å². The summed E-state index contributed by atoms with van der Waals surface area (Å²) in [5.74, 6) is 0. The number of amides is 2. The third-order valence-corrected chi connectivity index (χ3v) is 5.34. The van der Waals surface area contributed by atoms with E-state index in [0.717, 1.165) is 42.3 Å². The predicted molar refractivity (Wildman–Crippen MR) is 110 cm³/mol. The van der Waals surface area contributed by atoms with Crippen LogP contribution < -0.4 is 10.6 Å². The van der Waals surface area contributed by atoms with Gasteiger partial charge in [-0.1, -0.05) is 60.1 Å². The molecule has 1 aliphatic rings. The quantitative estimate of drug-likeness (QED) is 0.801. The smallest absolute Gasteiger partial charge is 0.315 e. The number of nitrogens with one attached hydrogen (secondary N) is 2. The number of likely N-dealkylation sites (N-methyl/N-ethyl adjacent to an activating group) is 1. The molecular formula is C21H27ClN4O. The van der Waals surface area contributed by atoms with Gasteiger partial charge in [0.2, 0.25) is 0 Å². The van der Waals surface area contributed by atoms with Crippen LogP contribution in [0, 0.1) is 0 Å². The van der Waals surface area contributed by atoms with Crippen molar-refractivity contribution in [1.82, 2.24) is 20.4 Å². The molecule has 144 valence electrons. The molecule has 6 heteroatoms. The van der Waals surface area contributed by atoms with Crippen LogP contribution in [-0.2, 0) is 6.54 Å². The molecule has 0 spiro atoms. The first kappa shape index (κ1) is 19.7. The molecule has 1 atom stereocenters. The molecule has 1 unspecified atom stereocenters. The fourth-order valence-corrected chi connectivity index (χ4v) is 3.61. The fourth-order valence-electron chi connectivity index (χ4n) is 3.34. The van der Waals surface area contributed by atoms with Crippen LogP contribution in [0.4, 0.5) is 4.79 Å². The third-order valence-electron chi connectivity index (χ3n) is 4.99. The van der Waals surface area contributed by atoms with Crippen molar-refractivity contribution in [3.8, 4) is 0 Å². The van der Waals surface area contributed by atoms with Gasteiger partial charge in [-0.3, -0.25) is 4.90 Å². The van der Waals surface area contributed by atoms with Crippen LogP contribution in [0.3, 0.4) is 0 Å². The summed E-state index contributed by atoms with van der Waals surface area (Å²) in [7, 11) is 2.14. The van der Waals surface area contributed by atoms with E-state index in [4.69, 9.17) is 11.6 Å². The van der Waals surface area contributed by atoms with E-state index in [1.807, 2.05) is 48.5 Å². The zero-order valence-corrected chi connectivity index (χ0v) is 16.5. The summed E-state index contributed by atoms with van der Waals surface area (Å²) in [5.41, 5.74) is 2.14. The normalized spacial score (nSPS) is 16.7. The van der Waals surface area contributed by atoms with Crippen LogP contribution in [-0.4, -0.2) is 55.6 Å². The molecule has 0 aliphatic carbocycles. The van der Waals surface area contributed by atoms with Crippen molar-refractivity contribution in [3.05, 3.63) is 70.7 Å². The third kappa shape index (κ3) is 5.70. The minimum Gasteiger partial charge on any atom is -0.336 e. The zero-order chi connectivity index (χ0) is 19.1. The molecule has 2 N–H and O–H groups in total. The van der Waals surface area contributed by atoms with Gasteiger partial charge in [0, 0.05) is 44.3 Å². The SMILES string of the molecule is CN1CCN(C(CNC(=O)NCc2ccccc2)c2ccccc2Cl)CC1. The number of halogens is 1. The van der Waals surface area contributed by atoms with Gasteiger partial charge in [-0.2, -0.15) is 0 Å². The Labute approximate surface area is 166 Å². The summed E-state index contributed by atoms with van der Waals surface area (Å²) in [6.07, 6.45) is 0. The second kappa shape index (κ2) is 9.74. The Morgan fingerprint density at radius 1 is 1.00 bits per heavy atom. The summed E-state index contributed by atoms with van der Waals surface area (Å²) in [6, 6.07) is 17.7. The van der Waals surface area contributed by atoms with E-state index in [9.17, 15) is 4.79 Å². The first-order valence-corrected chi connectivity index (χ1v) is 9.74. The van der Waals surface area contributed by atoms with Crippen molar-refractivity contribution in [1.29, 1.82) is 0 Å². The highest BCUT2D eigenvalue weighted by molar-refractivity contribution is 6.31. The zero-order valence-electron chi connectivity index (χ0n) is 15.7. The van der Waals surface area contributed by atoms with Crippen LogP contribution in [0.1, 0.15) is 17.2 Å². The Balaban J connectivity index is 1.61. The molecule has 3 rings (SSSR count). The molecule has 0 saturated carbocycles. The molecule has 0 radical (unpaired) electrons. The van der Waals surface area contributed by atoms with Crippen LogP contribution in [0.5, 0.6) is 0 Å². The highest BCUT2D eigenvalue weighted by Gasteiger charge is 2.25. The van der Waals surface area contributed by atoms with E-state index in [1.54, 1.807) is 0 Å². The number of benzene rings is 2. The molecular weight excluding hydrogens is 360 g/mol. The van der Waals surface area contributed by atoms with E-state index < -0.39 is 0 Å².